The number of benzene rings is 2. The number of aromatic amines is 1. The van der Waals surface area contributed by atoms with Crippen molar-refractivity contribution in [3.05, 3.63) is 52.0 Å². The lowest BCUT2D eigenvalue weighted by molar-refractivity contribution is 1.31. The number of H-pyrrole nitrogens is 1. The van der Waals surface area contributed by atoms with E-state index in [1.54, 1.807) is 18.2 Å². The Balaban J connectivity index is 2.01. The quantitative estimate of drug-likeness (QED) is 0.703. The summed E-state index contributed by atoms with van der Waals surface area (Å²) in [6.07, 6.45) is 0. The summed E-state index contributed by atoms with van der Waals surface area (Å²) in [6, 6.07) is 11.4. The largest absolute Gasteiger partial charge is 0.324 e. The first-order valence-corrected chi connectivity index (χ1v) is 6.56. The van der Waals surface area contributed by atoms with Crippen molar-refractivity contribution in [1.82, 2.24) is 9.97 Å². The van der Waals surface area contributed by atoms with E-state index < -0.39 is 0 Å². The highest BCUT2D eigenvalue weighted by atomic mass is 35.5. The van der Waals surface area contributed by atoms with E-state index in [1.165, 1.54) is 5.56 Å². The maximum Gasteiger partial charge on any atom is 0.205 e. The number of rotatable bonds is 2. The molecule has 3 nitrogen and oxygen atoms in total. The van der Waals surface area contributed by atoms with Crippen LogP contribution in [0.3, 0.4) is 0 Å². The molecule has 19 heavy (non-hydrogen) atoms. The molecule has 0 atom stereocenters. The standard InChI is InChI=1S/C14H11Cl2N3/c1-8-5-6-11-12(7-8)18-14(17-11)19-13-9(15)3-2-4-10(13)16/h2-7H,1H3,(H2,17,18,19). The Morgan fingerprint density at radius 1 is 1.11 bits per heavy atom. The maximum absolute atomic E-state index is 6.11. The Morgan fingerprint density at radius 2 is 1.84 bits per heavy atom. The second-order valence-corrected chi connectivity index (χ2v) is 5.14. The van der Waals surface area contributed by atoms with Crippen LogP contribution in [0.2, 0.25) is 10.0 Å². The van der Waals surface area contributed by atoms with Crippen molar-refractivity contribution < 1.29 is 0 Å². The van der Waals surface area contributed by atoms with E-state index in [0.29, 0.717) is 21.7 Å². The Bertz CT molecular complexity index is 729. The SMILES string of the molecule is Cc1ccc2nc(Nc3c(Cl)cccc3Cl)[nH]c2c1. The van der Waals surface area contributed by atoms with Gasteiger partial charge in [0, 0.05) is 0 Å². The second-order valence-electron chi connectivity index (χ2n) is 4.33. The van der Waals surface area contributed by atoms with Crippen molar-refractivity contribution in [3.8, 4) is 0 Å². The van der Waals surface area contributed by atoms with E-state index in [1.807, 2.05) is 25.1 Å². The normalized spacial score (nSPS) is 10.9. The molecule has 0 fully saturated rings. The van der Waals surface area contributed by atoms with Crippen LogP contribution in [0.5, 0.6) is 0 Å². The van der Waals surface area contributed by atoms with Crippen LogP contribution in [-0.4, -0.2) is 9.97 Å². The van der Waals surface area contributed by atoms with Crippen molar-refractivity contribution >= 4 is 45.9 Å². The van der Waals surface area contributed by atoms with Gasteiger partial charge in [-0.1, -0.05) is 35.3 Å². The molecule has 2 aromatic carbocycles. The van der Waals surface area contributed by atoms with Gasteiger partial charge in [0.05, 0.1) is 26.8 Å². The minimum atomic E-state index is 0.559. The number of fused-ring (bicyclic) bond motifs is 1. The number of hydrogen-bond donors (Lipinski definition) is 2. The Labute approximate surface area is 120 Å². The molecule has 1 heterocycles. The first kappa shape index (κ1) is 12.3. The third kappa shape index (κ3) is 2.39. The van der Waals surface area contributed by atoms with Crippen molar-refractivity contribution in [2.45, 2.75) is 6.92 Å². The van der Waals surface area contributed by atoms with Gasteiger partial charge in [-0.3, -0.25) is 0 Å². The fourth-order valence-electron chi connectivity index (χ4n) is 1.92. The number of aromatic nitrogens is 2. The molecule has 3 aromatic rings. The van der Waals surface area contributed by atoms with E-state index in [-0.39, 0.29) is 0 Å². The smallest absolute Gasteiger partial charge is 0.205 e. The molecule has 0 aliphatic heterocycles. The van der Waals surface area contributed by atoms with Crippen LogP contribution in [0.15, 0.2) is 36.4 Å². The Kier molecular flexibility index (Phi) is 3.09. The van der Waals surface area contributed by atoms with E-state index in [0.717, 1.165) is 11.0 Å². The van der Waals surface area contributed by atoms with Crippen LogP contribution in [-0.2, 0) is 0 Å². The second kappa shape index (κ2) is 4.76. The van der Waals surface area contributed by atoms with Gasteiger partial charge in [0.15, 0.2) is 0 Å². The molecule has 2 N–H and O–H groups in total. The molecule has 0 spiro atoms. The highest BCUT2D eigenvalue weighted by molar-refractivity contribution is 6.39. The number of nitrogens with zero attached hydrogens (tertiary/aromatic N) is 1. The molecule has 0 amide bonds. The average molecular weight is 292 g/mol. The number of anilines is 2. The molecule has 0 aliphatic carbocycles. The van der Waals surface area contributed by atoms with Crippen LogP contribution in [0, 0.1) is 6.92 Å². The number of hydrogen-bond acceptors (Lipinski definition) is 2. The minimum Gasteiger partial charge on any atom is -0.324 e. The van der Waals surface area contributed by atoms with E-state index in [4.69, 9.17) is 23.2 Å². The van der Waals surface area contributed by atoms with Crippen molar-refractivity contribution in [2.75, 3.05) is 5.32 Å². The molecule has 1 aromatic heterocycles. The minimum absolute atomic E-state index is 0.559. The number of aryl methyl sites for hydroxylation is 1. The van der Waals surface area contributed by atoms with Gasteiger partial charge in [0.1, 0.15) is 0 Å². The fourth-order valence-corrected chi connectivity index (χ4v) is 2.41. The van der Waals surface area contributed by atoms with Gasteiger partial charge in [-0.25, -0.2) is 4.98 Å². The molecule has 0 unspecified atom stereocenters. The van der Waals surface area contributed by atoms with Crippen LogP contribution < -0.4 is 5.32 Å². The summed E-state index contributed by atoms with van der Waals surface area (Å²) in [4.78, 5) is 7.65. The predicted octanol–water partition coefficient (Wildman–Crippen LogP) is 4.92. The van der Waals surface area contributed by atoms with Crippen LogP contribution in [0.1, 0.15) is 5.56 Å². The zero-order valence-electron chi connectivity index (χ0n) is 10.2. The first-order chi connectivity index (χ1) is 9.13. The topological polar surface area (TPSA) is 40.7 Å². The highest BCUT2D eigenvalue weighted by Gasteiger charge is 2.08. The monoisotopic (exact) mass is 291 g/mol. The van der Waals surface area contributed by atoms with Crippen LogP contribution >= 0.6 is 23.2 Å². The number of para-hydroxylation sites is 1. The molecule has 0 saturated heterocycles. The van der Waals surface area contributed by atoms with E-state index >= 15 is 0 Å². The van der Waals surface area contributed by atoms with Crippen LogP contribution in [0.25, 0.3) is 11.0 Å². The molecule has 5 heteroatoms. The Morgan fingerprint density at radius 3 is 2.58 bits per heavy atom. The average Bonchev–Trinajstić information content (AvgIpc) is 2.75. The van der Waals surface area contributed by atoms with Gasteiger partial charge in [-0.2, -0.15) is 0 Å². The highest BCUT2D eigenvalue weighted by Crippen LogP contribution is 2.32. The molecular weight excluding hydrogens is 281 g/mol. The van der Waals surface area contributed by atoms with Gasteiger partial charge in [0.25, 0.3) is 0 Å². The van der Waals surface area contributed by atoms with Crippen molar-refractivity contribution in [2.24, 2.45) is 0 Å². The fraction of sp³-hybridized carbons (Fsp3) is 0.0714. The van der Waals surface area contributed by atoms with E-state index in [2.05, 4.69) is 15.3 Å². The van der Waals surface area contributed by atoms with Gasteiger partial charge < -0.3 is 10.3 Å². The van der Waals surface area contributed by atoms with Gasteiger partial charge in [-0.05, 0) is 36.8 Å². The molecule has 3 rings (SSSR count). The lowest BCUT2D eigenvalue weighted by Gasteiger charge is -2.06. The third-order valence-electron chi connectivity index (χ3n) is 2.84. The summed E-state index contributed by atoms with van der Waals surface area (Å²) in [7, 11) is 0. The summed E-state index contributed by atoms with van der Waals surface area (Å²) in [6.45, 7) is 2.04. The molecule has 0 aliphatic rings. The molecule has 0 saturated carbocycles. The van der Waals surface area contributed by atoms with Gasteiger partial charge in [-0.15, -0.1) is 0 Å². The summed E-state index contributed by atoms with van der Waals surface area (Å²) < 4.78 is 0. The van der Waals surface area contributed by atoms with Crippen molar-refractivity contribution in [1.29, 1.82) is 0 Å². The number of imidazole rings is 1. The lowest BCUT2D eigenvalue weighted by atomic mass is 10.2. The van der Waals surface area contributed by atoms with E-state index in [9.17, 15) is 0 Å². The molecule has 0 bridgehead atoms. The maximum atomic E-state index is 6.11. The Hall–Kier alpha value is -1.71. The summed E-state index contributed by atoms with van der Waals surface area (Å²) >= 11 is 12.2. The summed E-state index contributed by atoms with van der Waals surface area (Å²) in [5, 5.41) is 4.24. The van der Waals surface area contributed by atoms with Gasteiger partial charge >= 0.3 is 0 Å². The van der Waals surface area contributed by atoms with Crippen molar-refractivity contribution in [3.63, 3.8) is 0 Å². The summed E-state index contributed by atoms with van der Waals surface area (Å²) in [5.74, 6) is 0.621. The molecule has 0 radical (unpaired) electrons. The zero-order chi connectivity index (χ0) is 13.4. The third-order valence-corrected chi connectivity index (χ3v) is 3.47. The molecule has 96 valence electrons. The summed E-state index contributed by atoms with van der Waals surface area (Å²) in [5.41, 5.74) is 3.71. The zero-order valence-corrected chi connectivity index (χ0v) is 11.7. The predicted molar refractivity (Wildman–Crippen MR) is 80.6 cm³/mol. The molecular formula is C14H11Cl2N3. The number of nitrogens with one attached hydrogen (secondary N) is 2. The van der Waals surface area contributed by atoms with Crippen LogP contribution in [0.4, 0.5) is 11.6 Å². The number of halogens is 2. The first-order valence-electron chi connectivity index (χ1n) is 5.81. The lowest BCUT2D eigenvalue weighted by Crippen LogP contribution is -1.93. The van der Waals surface area contributed by atoms with Gasteiger partial charge in [0.2, 0.25) is 5.95 Å².